The highest BCUT2D eigenvalue weighted by Gasteiger charge is 2.28. The van der Waals surface area contributed by atoms with Crippen molar-refractivity contribution in [3.63, 3.8) is 0 Å². The summed E-state index contributed by atoms with van der Waals surface area (Å²) in [7, 11) is -1.18. The number of benzene rings is 3. The molecule has 194 valence electrons. The molecule has 1 amide bonds. The number of carbonyl (C=O) groups excluding carboxylic acids is 1. The lowest BCUT2D eigenvalue weighted by Crippen LogP contribution is -2.39. The normalized spacial score (nSPS) is 13.0. The van der Waals surface area contributed by atoms with Gasteiger partial charge in [-0.2, -0.15) is 5.10 Å². The van der Waals surface area contributed by atoms with Crippen molar-refractivity contribution in [2.45, 2.75) is 11.8 Å². The van der Waals surface area contributed by atoms with Crippen LogP contribution in [0, 0.1) is 0 Å². The highest BCUT2D eigenvalue weighted by atomic mass is 32.2. The van der Waals surface area contributed by atoms with Crippen molar-refractivity contribution in [1.82, 2.24) is 5.43 Å². The Morgan fingerprint density at radius 3 is 2.35 bits per heavy atom. The Hall–Kier alpha value is -4.25. The molecule has 0 unspecified atom stereocenters. The summed E-state index contributed by atoms with van der Waals surface area (Å²) < 4.78 is 49.8. The molecule has 4 rings (SSSR count). The number of sulfonamides is 1. The molecule has 37 heavy (non-hydrogen) atoms. The summed E-state index contributed by atoms with van der Waals surface area (Å²) in [4.78, 5) is 13.0. The highest BCUT2D eigenvalue weighted by molar-refractivity contribution is 7.92. The van der Waals surface area contributed by atoms with E-state index in [2.05, 4.69) is 10.5 Å². The maximum Gasteiger partial charge on any atom is 0.264 e. The summed E-state index contributed by atoms with van der Waals surface area (Å²) in [5.74, 6) is 1.35. The van der Waals surface area contributed by atoms with E-state index in [1.807, 2.05) is 0 Å². The molecule has 0 fully saturated rings. The van der Waals surface area contributed by atoms with Gasteiger partial charge in [0, 0.05) is 11.6 Å². The average Bonchev–Trinajstić information content (AvgIpc) is 2.94. The standard InChI is InChI=1S/C26H27N3O7S/c1-18(19-9-11-23-25(15-19)36-14-13-35-23)27-28-26(30)17-29(37(31,32)21-7-5-4-6-8-21)20-10-12-22(33-2)24(16-20)34-3/h4-12,15-16H,13-14,17H2,1-3H3,(H,28,30)/b27-18-. The summed E-state index contributed by atoms with van der Waals surface area (Å²) >= 11 is 0. The first-order valence-electron chi connectivity index (χ1n) is 11.4. The predicted octanol–water partition coefficient (Wildman–Crippen LogP) is 3.21. The lowest BCUT2D eigenvalue weighted by Gasteiger charge is -2.24. The summed E-state index contributed by atoms with van der Waals surface area (Å²) in [5, 5.41) is 4.16. The van der Waals surface area contributed by atoms with Crippen molar-refractivity contribution >= 4 is 27.3 Å². The van der Waals surface area contributed by atoms with E-state index in [0.29, 0.717) is 41.9 Å². The number of fused-ring (bicyclic) bond motifs is 1. The van der Waals surface area contributed by atoms with Gasteiger partial charge in [0.1, 0.15) is 19.8 Å². The van der Waals surface area contributed by atoms with Crippen LogP contribution in [0.25, 0.3) is 0 Å². The van der Waals surface area contributed by atoms with Crippen LogP contribution in [0.1, 0.15) is 12.5 Å². The maximum absolute atomic E-state index is 13.5. The molecule has 11 heteroatoms. The molecule has 3 aromatic rings. The molecule has 1 aliphatic heterocycles. The number of nitrogens with zero attached hydrogens (tertiary/aromatic N) is 2. The number of carbonyl (C=O) groups is 1. The zero-order valence-corrected chi connectivity index (χ0v) is 21.4. The summed E-state index contributed by atoms with van der Waals surface area (Å²) in [5.41, 5.74) is 3.91. The van der Waals surface area contributed by atoms with Crippen molar-refractivity contribution in [3.8, 4) is 23.0 Å². The number of hydrazone groups is 1. The number of ether oxygens (including phenoxy) is 4. The van der Waals surface area contributed by atoms with Crippen LogP contribution in [-0.2, 0) is 14.8 Å². The molecule has 0 radical (unpaired) electrons. The van der Waals surface area contributed by atoms with Crippen LogP contribution in [-0.4, -0.2) is 54.0 Å². The second kappa shape index (κ2) is 11.2. The highest BCUT2D eigenvalue weighted by Crippen LogP contribution is 2.34. The fourth-order valence-corrected chi connectivity index (χ4v) is 5.09. The third kappa shape index (κ3) is 5.78. The third-order valence-electron chi connectivity index (χ3n) is 5.58. The molecular formula is C26H27N3O7S. The topological polar surface area (TPSA) is 116 Å². The van der Waals surface area contributed by atoms with Gasteiger partial charge in [0.15, 0.2) is 23.0 Å². The fraction of sp³-hybridized carbons (Fsp3) is 0.231. The number of methoxy groups -OCH3 is 2. The minimum atomic E-state index is -4.10. The monoisotopic (exact) mass is 525 g/mol. The zero-order valence-electron chi connectivity index (χ0n) is 20.6. The number of hydrogen-bond donors (Lipinski definition) is 1. The Bertz CT molecular complexity index is 1410. The van der Waals surface area contributed by atoms with E-state index in [1.54, 1.807) is 55.5 Å². The molecule has 10 nitrogen and oxygen atoms in total. The van der Waals surface area contributed by atoms with Crippen molar-refractivity contribution < 1.29 is 32.2 Å². The number of anilines is 1. The van der Waals surface area contributed by atoms with Gasteiger partial charge in [-0.15, -0.1) is 0 Å². The van der Waals surface area contributed by atoms with Crippen LogP contribution in [0.2, 0.25) is 0 Å². The minimum Gasteiger partial charge on any atom is -0.493 e. The summed E-state index contributed by atoms with van der Waals surface area (Å²) in [6.45, 7) is 2.13. The number of hydrogen-bond acceptors (Lipinski definition) is 8. The number of rotatable bonds is 9. The molecule has 3 aromatic carbocycles. The van der Waals surface area contributed by atoms with Gasteiger partial charge < -0.3 is 18.9 Å². The van der Waals surface area contributed by atoms with Crippen LogP contribution in [0.5, 0.6) is 23.0 Å². The van der Waals surface area contributed by atoms with E-state index >= 15 is 0 Å². The van der Waals surface area contributed by atoms with Crippen LogP contribution in [0.15, 0.2) is 76.7 Å². The van der Waals surface area contributed by atoms with Gasteiger partial charge in [-0.3, -0.25) is 9.10 Å². The third-order valence-corrected chi connectivity index (χ3v) is 7.37. The van der Waals surface area contributed by atoms with Crippen LogP contribution < -0.4 is 28.7 Å². The van der Waals surface area contributed by atoms with Crippen LogP contribution in [0.4, 0.5) is 5.69 Å². The lowest BCUT2D eigenvalue weighted by molar-refractivity contribution is -0.119. The first-order chi connectivity index (χ1) is 17.8. The Morgan fingerprint density at radius 1 is 0.946 bits per heavy atom. The fourth-order valence-electron chi connectivity index (χ4n) is 3.66. The van der Waals surface area contributed by atoms with Crippen molar-refractivity contribution in [3.05, 3.63) is 72.3 Å². The Morgan fingerprint density at radius 2 is 1.65 bits per heavy atom. The van der Waals surface area contributed by atoms with Gasteiger partial charge in [0.05, 0.1) is 30.5 Å². The van der Waals surface area contributed by atoms with Gasteiger partial charge in [-0.25, -0.2) is 13.8 Å². The predicted molar refractivity (Wildman–Crippen MR) is 138 cm³/mol. The maximum atomic E-state index is 13.5. The molecule has 0 aliphatic carbocycles. The van der Waals surface area contributed by atoms with E-state index in [-0.39, 0.29) is 10.6 Å². The van der Waals surface area contributed by atoms with E-state index in [0.717, 1.165) is 9.87 Å². The summed E-state index contributed by atoms with van der Waals surface area (Å²) in [6, 6.07) is 17.8. The van der Waals surface area contributed by atoms with Gasteiger partial charge in [-0.1, -0.05) is 18.2 Å². The van der Waals surface area contributed by atoms with E-state index < -0.39 is 22.5 Å². The van der Waals surface area contributed by atoms with Crippen molar-refractivity contribution in [2.24, 2.45) is 5.10 Å². The van der Waals surface area contributed by atoms with Gasteiger partial charge in [0.25, 0.3) is 15.9 Å². The molecular weight excluding hydrogens is 498 g/mol. The molecule has 0 saturated heterocycles. The second-order valence-electron chi connectivity index (χ2n) is 7.95. The minimum absolute atomic E-state index is 0.0357. The SMILES string of the molecule is COc1ccc(N(CC(=O)N/N=C(/C)c2ccc3c(c2)OCCO3)S(=O)(=O)c2ccccc2)cc1OC. The van der Waals surface area contributed by atoms with E-state index in [1.165, 1.54) is 32.4 Å². The van der Waals surface area contributed by atoms with Crippen LogP contribution >= 0.6 is 0 Å². The molecule has 0 atom stereocenters. The van der Waals surface area contributed by atoms with E-state index in [9.17, 15) is 13.2 Å². The zero-order chi connectivity index (χ0) is 26.4. The smallest absolute Gasteiger partial charge is 0.264 e. The van der Waals surface area contributed by atoms with Gasteiger partial charge in [-0.05, 0) is 49.4 Å². The molecule has 1 aliphatic rings. The molecule has 0 spiro atoms. The Labute approximate surface area is 215 Å². The number of amides is 1. The van der Waals surface area contributed by atoms with Crippen LogP contribution in [0.3, 0.4) is 0 Å². The summed E-state index contributed by atoms with van der Waals surface area (Å²) in [6.07, 6.45) is 0. The Balaban J connectivity index is 1.59. The van der Waals surface area contributed by atoms with E-state index in [4.69, 9.17) is 18.9 Å². The molecule has 1 N–H and O–H groups in total. The molecule has 1 heterocycles. The second-order valence-corrected chi connectivity index (χ2v) is 9.82. The quantitative estimate of drug-likeness (QED) is 0.337. The largest absolute Gasteiger partial charge is 0.493 e. The average molecular weight is 526 g/mol. The molecule has 0 aromatic heterocycles. The lowest BCUT2D eigenvalue weighted by atomic mass is 10.1. The first kappa shape index (κ1) is 25.8. The number of nitrogens with one attached hydrogen (secondary N) is 1. The Kier molecular flexibility index (Phi) is 7.83. The molecule has 0 bridgehead atoms. The first-order valence-corrected chi connectivity index (χ1v) is 12.8. The van der Waals surface area contributed by atoms with Gasteiger partial charge >= 0.3 is 0 Å². The van der Waals surface area contributed by atoms with Gasteiger partial charge in [0.2, 0.25) is 0 Å². The van der Waals surface area contributed by atoms with Crippen molar-refractivity contribution in [1.29, 1.82) is 0 Å². The molecule has 0 saturated carbocycles. The van der Waals surface area contributed by atoms with Crippen molar-refractivity contribution in [2.75, 3.05) is 38.3 Å².